The summed E-state index contributed by atoms with van der Waals surface area (Å²) in [7, 11) is 0. The van der Waals surface area contributed by atoms with Gasteiger partial charge >= 0.3 is 6.18 Å². The number of para-hydroxylation sites is 1. The average Bonchev–Trinajstić information content (AvgIpc) is 2.52. The predicted molar refractivity (Wildman–Crippen MR) is 83.9 cm³/mol. The summed E-state index contributed by atoms with van der Waals surface area (Å²) < 4.78 is 37.8. The fourth-order valence-corrected chi connectivity index (χ4v) is 2.67. The molecule has 0 unspecified atom stereocenters. The first-order valence-electron chi connectivity index (χ1n) is 6.60. The molecule has 0 spiro atoms. The highest BCUT2D eigenvalue weighted by molar-refractivity contribution is 8.00. The van der Waals surface area contributed by atoms with E-state index in [0.717, 1.165) is 23.9 Å². The summed E-state index contributed by atoms with van der Waals surface area (Å²) in [6.45, 7) is 0. The molecular formula is C15H11F3N2O3S. The molecular weight excluding hydrogens is 345 g/mol. The van der Waals surface area contributed by atoms with Gasteiger partial charge in [0.05, 0.1) is 21.1 Å². The minimum Gasteiger partial charge on any atom is -0.325 e. The van der Waals surface area contributed by atoms with Gasteiger partial charge in [-0.15, -0.1) is 11.8 Å². The Kier molecular flexibility index (Phi) is 5.45. The molecule has 2 rings (SSSR count). The Morgan fingerprint density at radius 1 is 1.17 bits per heavy atom. The zero-order chi connectivity index (χ0) is 17.7. The van der Waals surface area contributed by atoms with E-state index in [4.69, 9.17) is 0 Å². The second-order valence-electron chi connectivity index (χ2n) is 4.64. The molecule has 0 aliphatic heterocycles. The molecule has 2 aromatic rings. The zero-order valence-electron chi connectivity index (χ0n) is 12.0. The number of carbonyl (C=O) groups is 1. The minimum atomic E-state index is -4.50. The average molecular weight is 356 g/mol. The third kappa shape index (κ3) is 4.72. The Bertz CT molecular complexity index is 766. The van der Waals surface area contributed by atoms with Crippen molar-refractivity contribution in [2.75, 3.05) is 11.1 Å². The Balaban J connectivity index is 2.01. The smallest absolute Gasteiger partial charge is 0.325 e. The molecule has 126 valence electrons. The van der Waals surface area contributed by atoms with E-state index < -0.39 is 22.6 Å². The molecule has 0 fully saturated rings. The van der Waals surface area contributed by atoms with Gasteiger partial charge in [-0.05, 0) is 24.3 Å². The zero-order valence-corrected chi connectivity index (χ0v) is 12.9. The van der Waals surface area contributed by atoms with Gasteiger partial charge in [-0.2, -0.15) is 13.2 Å². The van der Waals surface area contributed by atoms with Gasteiger partial charge in [0.25, 0.3) is 5.69 Å². The highest BCUT2D eigenvalue weighted by atomic mass is 32.2. The molecule has 1 amide bonds. The van der Waals surface area contributed by atoms with Crippen LogP contribution in [0.25, 0.3) is 0 Å². The van der Waals surface area contributed by atoms with Crippen molar-refractivity contribution in [2.24, 2.45) is 0 Å². The molecule has 0 saturated carbocycles. The van der Waals surface area contributed by atoms with E-state index in [1.54, 1.807) is 6.07 Å². The molecule has 0 aromatic heterocycles. The highest BCUT2D eigenvalue weighted by Gasteiger charge is 2.30. The number of anilines is 1. The molecule has 2 aromatic carbocycles. The minimum absolute atomic E-state index is 0.0120. The second-order valence-corrected chi connectivity index (χ2v) is 5.66. The van der Waals surface area contributed by atoms with Gasteiger partial charge in [0.2, 0.25) is 5.91 Å². The van der Waals surface area contributed by atoms with Crippen LogP contribution >= 0.6 is 11.8 Å². The quantitative estimate of drug-likeness (QED) is 0.491. The topological polar surface area (TPSA) is 72.2 Å². The molecule has 5 nitrogen and oxygen atoms in total. The van der Waals surface area contributed by atoms with Crippen molar-refractivity contribution in [3.8, 4) is 0 Å². The van der Waals surface area contributed by atoms with E-state index >= 15 is 0 Å². The largest absolute Gasteiger partial charge is 0.416 e. The van der Waals surface area contributed by atoms with Crippen LogP contribution in [0.3, 0.4) is 0 Å². The number of rotatable bonds is 5. The SMILES string of the molecule is O=C(CSc1ccccc1[N+](=O)[O-])Nc1cccc(C(F)(F)F)c1. The first kappa shape index (κ1) is 17.8. The standard InChI is InChI=1S/C15H11F3N2O3S/c16-15(17,18)10-4-3-5-11(8-10)19-14(21)9-24-13-7-2-1-6-12(13)20(22)23/h1-8H,9H2,(H,19,21). The van der Waals surface area contributed by atoms with Crippen LogP contribution in [0, 0.1) is 10.1 Å². The van der Waals surface area contributed by atoms with Gasteiger partial charge in [0.1, 0.15) is 0 Å². The van der Waals surface area contributed by atoms with E-state index in [0.29, 0.717) is 4.90 Å². The summed E-state index contributed by atoms with van der Waals surface area (Å²) in [4.78, 5) is 22.5. The fourth-order valence-electron chi connectivity index (χ4n) is 1.84. The van der Waals surface area contributed by atoms with Crippen LogP contribution in [-0.2, 0) is 11.0 Å². The highest BCUT2D eigenvalue weighted by Crippen LogP contribution is 2.31. The van der Waals surface area contributed by atoms with Crippen molar-refractivity contribution < 1.29 is 22.9 Å². The number of hydrogen-bond donors (Lipinski definition) is 1. The number of amides is 1. The molecule has 0 bridgehead atoms. The van der Waals surface area contributed by atoms with Crippen LogP contribution in [0.1, 0.15) is 5.56 Å². The molecule has 9 heteroatoms. The summed E-state index contributed by atoms with van der Waals surface area (Å²) >= 11 is 0.937. The molecule has 0 atom stereocenters. The lowest BCUT2D eigenvalue weighted by Crippen LogP contribution is -2.15. The van der Waals surface area contributed by atoms with Crippen molar-refractivity contribution in [1.82, 2.24) is 0 Å². The maximum Gasteiger partial charge on any atom is 0.416 e. The second kappa shape index (κ2) is 7.35. The normalized spacial score (nSPS) is 11.1. The fraction of sp³-hybridized carbons (Fsp3) is 0.133. The van der Waals surface area contributed by atoms with E-state index in [9.17, 15) is 28.1 Å². The summed E-state index contributed by atoms with van der Waals surface area (Å²) in [5.74, 6) is -0.723. The van der Waals surface area contributed by atoms with Crippen molar-refractivity contribution in [3.05, 3.63) is 64.2 Å². The third-order valence-corrected chi connectivity index (χ3v) is 3.96. The maximum atomic E-state index is 12.6. The number of nitrogens with one attached hydrogen (secondary N) is 1. The van der Waals surface area contributed by atoms with E-state index in [-0.39, 0.29) is 17.1 Å². The number of benzene rings is 2. The lowest BCUT2D eigenvalue weighted by molar-refractivity contribution is -0.387. The van der Waals surface area contributed by atoms with E-state index in [1.165, 1.54) is 30.3 Å². The lowest BCUT2D eigenvalue weighted by atomic mass is 10.2. The number of hydrogen-bond acceptors (Lipinski definition) is 4. The summed E-state index contributed by atoms with van der Waals surface area (Å²) in [5, 5.41) is 13.2. The number of nitro groups is 1. The van der Waals surface area contributed by atoms with Gasteiger partial charge in [-0.25, -0.2) is 0 Å². The van der Waals surface area contributed by atoms with Gasteiger partial charge in [-0.3, -0.25) is 14.9 Å². The van der Waals surface area contributed by atoms with Crippen molar-refractivity contribution in [2.45, 2.75) is 11.1 Å². The molecule has 0 aliphatic carbocycles. The number of nitrogens with zero attached hydrogens (tertiary/aromatic N) is 1. The Labute approximate surface area is 139 Å². The van der Waals surface area contributed by atoms with Crippen molar-refractivity contribution >= 4 is 29.0 Å². The number of carbonyl (C=O) groups excluding carboxylic acids is 1. The number of halogens is 3. The van der Waals surface area contributed by atoms with E-state index in [2.05, 4.69) is 5.32 Å². The van der Waals surface area contributed by atoms with Crippen molar-refractivity contribution in [3.63, 3.8) is 0 Å². The molecule has 0 aliphatic rings. The first-order valence-corrected chi connectivity index (χ1v) is 7.59. The monoisotopic (exact) mass is 356 g/mol. The Morgan fingerprint density at radius 3 is 2.54 bits per heavy atom. The van der Waals surface area contributed by atoms with E-state index in [1.807, 2.05) is 0 Å². The summed E-state index contributed by atoms with van der Waals surface area (Å²) in [6, 6.07) is 10.2. The van der Waals surface area contributed by atoms with Crippen LogP contribution < -0.4 is 5.32 Å². The summed E-state index contributed by atoms with van der Waals surface area (Å²) in [5.41, 5.74) is -0.987. The molecule has 0 radical (unpaired) electrons. The van der Waals surface area contributed by atoms with Crippen molar-refractivity contribution in [1.29, 1.82) is 0 Å². The molecule has 0 saturated heterocycles. The summed E-state index contributed by atoms with van der Waals surface area (Å²) in [6.07, 6.45) is -4.50. The lowest BCUT2D eigenvalue weighted by Gasteiger charge is -2.09. The Hall–Kier alpha value is -2.55. The van der Waals surface area contributed by atoms with Gasteiger partial charge in [0, 0.05) is 11.8 Å². The van der Waals surface area contributed by atoms with Gasteiger partial charge in [0.15, 0.2) is 0 Å². The first-order chi connectivity index (χ1) is 11.3. The van der Waals surface area contributed by atoms with Crippen LogP contribution in [0.15, 0.2) is 53.4 Å². The molecule has 24 heavy (non-hydrogen) atoms. The van der Waals surface area contributed by atoms with Crippen LogP contribution in [0.2, 0.25) is 0 Å². The van der Waals surface area contributed by atoms with Crippen LogP contribution in [-0.4, -0.2) is 16.6 Å². The molecule has 1 N–H and O–H groups in total. The number of alkyl halides is 3. The maximum absolute atomic E-state index is 12.6. The molecule has 0 heterocycles. The number of nitro benzene ring substituents is 1. The van der Waals surface area contributed by atoms with Crippen LogP contribution in [0.4, 0.5) is 24.5 Å². The van der Waals surface area contributed by atoms with Gasteiger partial charge in [-0.1, -0.05) is 18.2 Å². The predicted octanol–water partition coefficient (Wildman–Crippen LogP) is 4.34. The third-order valence-electron chi connectivity index (χ3n) is 2.89. The number of thioether (sulfide) groups is 1. The van der Waals surface area contributed by atoms with Crippen LogP contribution in [0.5, 0.6) is 0 Å². The Morgan fingerprint density at radius 2 is 1.88 bits per heavy atom. The van der Waals surface area contributed by atoms with Gasteiger partial charge < -0.3 is 5.32 Å².